The van der Waals surface area contributed by atoms with Crippen molar-refractivity contribution in [2.75, 3.05) is 24.0 Å². The van der Waals surface area contributed by atoms with Crippen LogP contribution in [0.4, 0.5) is 21.7 Å². The molecule has 3 N–H and O–H groups in total. The van der Waals surface area contributed by atoms with Crippen LogP contribution in [0, 0.1) is 5.82 Å². The summed E-state index contributed by atoms with van der Waals surface area (Å²) in [6.45, 7) is 2.59. The molecule has 7 heteroatoms. The number of rotatable bonds is 5. The Balaban J connectivity index is 2.49. The summed E-state index contributed by atoms with van der Waals surface area (Å²) in [5.74, 6) is 6.50. The topological polar surface area (TPSA) is 76.3 Å². The lowest BCUT2D eigenvalue weighted by Crippen LogP contribution is -2.20. The van der Waals surface area contributed by atoms with Gasteiger partial charge >= 0.3 is 0 Å². The van der Waals surface area contributed by atoms with Crippen molar-refractivity contribution in [3.8, 4) is 5.75 Å². The minimum Gasteiger partial charge on any atom is -0.490 e. The first-order chi connectivity index (χ1) is 9.71. The molecule has 0 saturated heterocycles. The molecule has 0 radical (unpaired) electrons. The molecule has 0 spiro atoms. The fraction of sp³-hybridized carbons (Fsp3) is 0.231. The van der Waals surface area contributed by atoms with E-state index in [1.165, 1.54) is 25.6 Å². The van der Waals surface area contributed by atoms with Crippen LogP contribution in [0.5, 0.6) is 5.75 Å². The van der Waals surface area contributed by atoms with Gasteiger partial charge in [-0.25, -0.2) is 20.2 Å². The van der Waals surface area contributed by atoms with Gasteiger partial charge in [0.1, 0.15) is 12.1 Å². The third-order valence-electron chi connectivity index (χ3n) is 2.84. The average molecular weight is 277 g/mol. The second-order valence-corrected chi connectivity index (χ2v) is 3.94. The fourth-order valence-corrected chi connectivity index (χ4v) is 1.92. The average Bonchev–Trinajstić information content (AvgIpc) is 2.49. The molecule has 6 nitrogen and oxygen atoms in total. The Kier molecular flexibility index (Phi) is 4.31. The van der Waals surface area contributed by atoms with Crippen LogP contribution >= 0.6 is 0 Å². The number of benzene rings is 1. The van der Waals surface area contributed by atoms with E-state index in [-0.39, 0.29) is 5.82 Å². The molecule has 0 aliphatic rings. The smallest absolute Gasteiger partial charge is 0.206 e. The van der Waals surface area contributed by atoms with Crippen LogP contribution in [-0.2, 0) is 0 Å². The van der Waals surface area contributed by atoms with Gasteiger partial charge in [-0.1, -0.05) is 0 Å². The minimum absolute atomic E-state index is 0.288. The molecular weight excluding hydrogens is 261 g/mol. The molecule has 0 saturated carbocycles. The van der Waals surface area contributed by atoms with Gasteiger partial charge in [0.25, 0.3) is 0 Å². The normalized spacial score (nSPS) is 10.2. The van der Waals surface area contributed by atoms with E-state index in [1.54, 1.807) is 12.1 Å². The number of hydrazine groups is 1. The molecule has 0 fully saturated rings. The summed E-state index contributed by atoms with van der Waals surface area (Å²) in [6, 6.07) is 6.15. The zero-order valence-electron chi connectivity index (χ0n) is 11.3. The summed E-state index contributed by atoms with van der Waals surface area (Å²) < 4.78 is 18.3. The molecule has 1 aromatic heterocycles. The Morgan fingerprint density at radius 1 is 1.30 bits per heavy atom. The predicted octanol–water partition coefficient (Wildman–Crippen LogP) is 2.07. The number of hydrogen-bond acceptors (Lipinski definition) is 6. The molecule has 2 rings (SSSR count). The molecule has 1 heterocycles. The Bertz CT molecular complexity index is 575. The van der Waals surface area contributed by atoms with Gasteiger partial charge < -0.3 is 15.1 Å². The van der Waals surface area contributed by atoms with Crippen LogP contribution in [0.25, 0.3) is 0 Å². The highest BCUT2D eigenvalue weighted by molar-refractivity contribution is 5.71. The standard InChI is InChI=1S/C13H16FN5O/c1-3-19(10-6-4-9(14)5-7-10)13-11(20-2)12(18-15)16-8-17-13/h4-8H,3,15H2,1-2H3,(H,16,17,18). The molecule has 1 aromatic carbocycles. The van der Waals surface area contributed by atoms with Crippen molar-refractivity contribution >= 4 is 17.3 Å². The molecule has 0 unspecified atom stereocenters. The second-order valence-electron chi connectivity index (χ2n) is 3.94. The van der Waals surface area contributed by atoms with Gasteiger partial charge in [-0.05, 0) is 31.2 Å². The summed E-state index contributed by atoms with van der Waals surface area (Å²) >= 11 is 0. The molecule has 20 heavy (non-hydrogen) atoms. The fourth-order valence-electron chi connectivity index (χ4n) is 1.92. The third kappa shape index (κ3) is 2.62. The van der Waals surface area contributed by atoms with E-state index in [1.807, 2.05) is 11.8 Å². The van der Waals surface area contributed by atoms with Crippen LogP contribution < -0.4 is 20.9 Å². The van der Waals surface area contributed by atoms with E-state index < -0.39 is 0 Å². The summed E-state index contributed by atoms with van der Waals surface area (Å²) in [7, 11) is 1.52. The first kappa shape index (κ1) is 14.0. The van der Waals surface area contributed by atoms with Crippen LogP contribution in [-0.4, -0.2) is 23.6 Å². The van der Waals surface area contributed by atoms with Crippen LogP contribution in [0.15, 0.2) is 30.6 Å². The number of ether oxygens (including phenoxy) is 1. The van der Waals surface area contributed by atoms with Gasteiger partial charge in [0, 0.05) is 12.2 Å². The van der Waals surface area contributed by atoms with Gasteiger partial charge in [0.2, 0.25) is 5.75 Å². The minimum atomic E-state index is -0.288. The van der Waals surface area contributed by atoms with Gasteiger partial charge in [0.05, 0.1) is 7.11 Å². The number of anilines is 3. The van der Waals surface area contributed by atoms with Crippen molar-refractivity contribution in [3.63, 3.8) is 0 Å². The van der Waals surface area contributed by atoms with Crippen molar-refractivity contribution in [3.05, 3.63) is 36.4 Å². The maximum absolute atomic E-state index is 13.0. The number of nitrogens with zero attached hydrogens (tertiary/aromatic N) is 3. The molecule has 0 aliphatic heterocycles. The number of nitrogens with one attached hydrogen (secondary N) is 1. The van der Waals surface area contributed by atoms with Crippen LogP contribution in [0.3, 0.4) is 0 Å². The number of nitrogen functional groups attached to an aromatic ring is 1. The molecule has 0 aliphatic carbocycles. The monoisotopic (exact) mass is 277 g/mol. The maximum Gasteiger partial charge on any atom is 0.206 e. The molecule has 106 valence electrons. The number of methoxy groups -OCH3 is 1. The maximum atomic E-state index is 13.0. The molecule has 0 amide bonds. The predicted molar refractivity (Wildman–Crippen MR) is 75.5 cm³/mol. The van der Waals surface area contributed by atoms with Gasteiger partial charge in [-0.15, -0.1) is 0 Å². The number of halogens is 1. The molecule has 0 atom stereocenters. The lowest BCUT2D eigenvalue weighted by Gasteiger charge is -2.24. The third-order valence-corrected chi connectivity index (χ3v) is 2.84. The lowest BCUT2D eigenvalue weighted by molar-refractivity contribution is 0.413. The summed E-state index contributed by atoms with van der Waals surface area (Å²) in [6.07, 6.45) is 1.39. The Morgan fingerprint density at radius 3 is 2.55 bits per heavy atom. The van der Waals surface area contributed by atoms with E-state index in [9.17, 15) is 4.39 Å². The highest BCUT2D eigenvalue weighted by Gasteiger charge is 2.18. The molecular formula is C13H16FN5O. The van der Waals surface area contributed by atoms with Crippen LogP contribution in [0.1, 0.15) is 6.92 Å². The van der Waals surface area contributed by atoms with Gasteiger partial charge in [0.15, 0.2) is 11.6 Å². The first-order valence-electron chi connectivity index (χ1n) is 6.10. The quantitative estimate of drug-likeness (QED) is 0.643. The Hall–Kier alpha value is -2.41. The van der Waals surface area contributed by atoms with E-state index in [2.05, 4.69) is 15.4 Å². The van der Waals surface area contributed by atoms with Gasteiger partial charge in [-0.2, -0.15) is 0 Å². The summed E-state index contributed by atoms with van der Waals surface area (Å²) in [4.78, 5) is 10.1. The van der Waals surface area contributed by atoms with E-state index in [0.29, 0.717) is 23.9 Å². The number of aromatic nitrogens is 2. The molecule has 0 bridgehead atoms. The first-order valence-corrected chi connectivity index (χ1v) is 6.10. The van der Waals surface area contributed by atoms with Crippen molar-refractivity contribution in [1.82, 2.24) is 9.97 Å². The second kappa shape index (κ2) is 6.16. The van der Waals surface area contributed by atoms with Crippen molar-refractivity contribution in [2.24, 2.45) is 5.84 Å². The van der Waals surface area contributed by atoms with E-state index >= 15 is 0 Å². The Labute approximate surface area is 116 Å². The SMILES string of the molecule is CCN(c1ccc(F)cc1)c1ncnc(NN)c1OC. The van der Waals surface area contributed by atoms with Crippen molar-refractivity contribution in [1.29, 1.82) is 0 Å². The number of nitrogens with two attached hydrogens (primary N) is 1. The lowest BCUT2D eigenvalue weighted by atomic mass is 10.2. The van der Waals surface area contributed by atoms with Crippen LogP contribution in [0.2, 0.25) is 0 Å². The zero-order valence-corrected chi connectivity index (χ0v) is 11.3. The van der Waals surface area contributed by atoms with Crippen molar-refractivity contribution in [2.45, 2.75) is 6.92 Å². The largest absolute Gasteiger partial charge is 0.490 e. The summed E-state index contributed by atoms with van der Waals surface area (Å²) in [5.41, 5.74) is 3.26. The Morgan fingerprint density at radius 2 is 2.00 bits per heavy atom. The highest BCUT2D eigenvalue weighted by atomic mass is 19.1. The zero-order chi connectivity index (χ0) is 14.5. The summed E-state index contributed by atoms with van der Waals surface area (Å²) in [5, 5.41) is 0. The van der Waals surface area contributed by atoms with Crippen molar-refractivity contribution < 1.29 is 9.13 Å². The van der Waals surface area contributed by atoms with E-state index in [4.69, 9.17) is 10.6 Å². The highest BCUT2D eigenvalue weighted by Crippen LogP contribution is 2.35. The van der Waals surface area contributed by atoms with Gasteiger partial charge in [-0.3, -0.25) is 0 Å². The number of hydrogen-bond donors (Lipinski definition) is 2. The molecule has 2 aromatic rings. The van der Waals surface area contributed by atoms with E-state index in [0.717, 1.165) is 5.69 Å².